The molecule has 0 radical (unpaired) electrons. The van der Waals surface area contributed by atoms with Gasteiger partial charge in [0.1, 0.15) is 16.9 Å². The Labute approximate surface area is 187 Å². The Hall–Kier alpha value is -2.54. The summed E-state index contributed by atoms with van der Waals surface area (Å²) < 4.78 is 22.6. The van der Waals surface area contributed by atoms with Gasteiger partial charge in [0.15, 0.2) is 11.5 Å². The van der Waals surface area contributed by atoms with Crippen LogP contribution in [0, 0.1) is 0 Å². The summed E-state index contributed by atoms with van der Waals surface area (Å²) in [5.41, 5.74) is 2.01. The van der Waals surface area contributed by atoms with Crippen LogP contribution in [0.5, 0.6) is 23.0 Å². The van der Waals surface area contributed by atoms with Crippen LogP contribution >= 0.6 is 11.8 Å². The van der Waals surface area contributed by atoms with Crippen molar-refractivity contribution in [3.63, 3.8) is 0 Å². The number of benzene rings is 2. The Morgan fingerprint density at radius 2 is 1.65 bits per heavy atom. The number of thioether (sulfide) groups is 1. The van der Waals surface area contributed by atoms with Gasteiger partial charge in [-0.3, -0.25) is 4.79 Å². The minimum absolute atomic E-state index is 0.0819. The van der Waals surface area contributed by atoms with Crippen LogP contribution in [-0.2, 0) is 11.3 Å². The SMILES string of the molecule is COc1cc(CN2C(=O)CSC2c2ccc(OC)c(OC3CCCC3)c2)cc(OC)c1. The van der Waals surface area contributed by atoms with Crippen molar-refractivity contribution in [1.82, 2.24) is 4.90 Å². The lowest BCUT2D eigenvalue weighted by atomic mass is 10.1. The number of amides is 1. The summed E-state index contributed by atoms with van der Waals surface area (Å²) in [5.74, 6) is 3.48. The second-order valence-electron chi connectivity index (χ2n) is 7.84. The van der Waals surface area contributed by atoms with Crippen LogP contribution in [0.15, 0.2) is 36.4 Å². The first kappa shape index (κ1) is 21.7. The third-order valence-electron chi connectivity index (χ3n) is 5.80. The molecule has 1 aliphatic carbocycles. The number of methoxy groups -OCH3 is 3. The van der Waals surface area contributed by atoms with Gasteiger partial charge < -0.3 is 23.8 Å². The van der Waals surface area contributed by atoms with Crippen LogP contribution in [0.3, 0.4) is 0 Å². The second kappa shape index (κ2) is 9.73. The van der Waals surface area contributed by atoms with Crippen LogP contribution < -0.4 is 18.9 Å². The van der Waals surface area contributed by atoms with Gasteiger partial charge in [0.2, 0.25) is 5.91 Å². The van der Waals surface area contributed by atoms with Crippen LogP contribution in [0.2, 0.25) is 0 Å². The monoisotopic (exact) mass is 443 g/mol. The quantitative estimate of drug-likeness (QED) is 0.584. The van der Waals surface area contributed by atoms with E-state index in [0.29, 0.717) is 23.8 Å². The molecule has 4 rings (SSSR count). The topological polar surface area (TPSA) is 57.2 Å². The Balaban J connectivity index is 1.59. The zero-order chi connectivity index (χ0) is 21.8. The number of hydrogen-bond acceptors (Lipinski definition) is 6. The molecule has 1 amide bonds. The molecular weight excluding hydrogens is 414 g/mol. The third-order valence-corrected chi connectivity index (χ3v) is 7.06. The van der Waals surface area contributed by atoms with Gasteiger partial charge in [-0.25, -0.2) is 0 Å². The first-order valence-corrected chi connectivity index (χ1v) is 11.6. The summed E-state index contributed by atoms with van der Waals surface area (Å²) in [5, 5.41) is -0.0819. The summed E-state index contributed by atoms with van der Waals surface area (Å²) in [7, 11) is 4.91. The molecule has 31 heavy (non-hydrogen) atoms. The Bertz CT molecular complexity index is 906. The number of ether oxygens (including phenoxy) is 4. The average Bonchev–Trinajstić information content (AvgIpc) is 3.43. The van der Waals surface area contributed by atoms with Gasteiger partial charge in [-0.15, -0.1) is 11.8 Å². The molecule has 1 saturated heterocycles. The molecule has 1 saturated carbocycles. The minimum Gasteiger partial charge on any atom is -0.497 e. The first-order chi connectivity index (χ1) is 15.1. The molecule has 1 aliphatic heterocycles. The van der Waals surface area contributed by atoms with E-state index in [1.165, 1.54) is 12.8 Å². The molecule has 2 aromatic rings. The van der Waals surface area contributed by atoms with Crippen molar-refractivity contribution in [2.75, 3.05) is 27.1 Å². The highest BCUT2D eigenvalue weighted by Crippen LogP contribution is 2.43. The van der Waals surface area contributed by atoms with E-state index in [1.54, 1.807) is 33.1 Å². The summed E-state index contributed by atoms with van der Waals surface area (Å²) in [6.07, 6.45) is 4.80. The number of carbonyl (C=O) groups is 1. The normalized spacial score (nSPS) is 19.0. The van der Waals surface area contributed by atoms with Crippen LogP contribution in [0.1, 0.15) is 42.2 Å². The maximum atomic E-state index is 12.7. The number of nitrogens with zero attached hydrogens (tertiary/aromatic N) is 1. The summed E-state index contributed by atoms with van der Waals surface area (Å²) in [6.45, 7) is 0.481. The van der Waals surface area contributed by atoms with Crippen LogP contribution in [0.25, 0.3) is 0 Å². The maximum absolute atomic E-state index is 12.7. The molecule has 2 aliphatic rings. The van der Waals surface area contributed by atoms with Crippen molar-refractivity contribution in [3.05, 3.63) is 47.5 Å². The molecule has 1 heterocycles. The standard InChI is InChI=1S/C24H29NO5S/c1-27-19-10-16(11-20(13-19)28-2)14-25-23(26)15-31-24(25)17-8-9-21(29-3)22(12-17)30-18-6-4-5-7-18/h8-13,18,24H,4-7,14-15H2,1-3H3. The van der Waals surface area contributed by atoms with Gasteiger partial charge in [-0.05, 0) is 61.1 Å². The van der Waals surface area contributed by atoms with Crippen molar-refractivity contribution in [2.45, 2.75) is 43.7 Å². The molecule has 1 unspecified atom stereocenters. The van der Waals surface area contributed by atoms with Crippen molar-refractivity contribution >= 4 is 17.7 Å². The fourth-order valence-corrected chi connectivity index (χ4v) is 5.36. The molecule has 6 nitrogen and oxygen atoms in total. The molecule has 1 atom stereocenters. The van der Waals surface area contributed by atoms with E-state index in [2.05, 4.69) is 0 Å². The minimum atomic E-state index is -0.0819. The molecule has 0 aromatic heterocycles. The average molecular weight is 444 g/mol. The summed E-state index contributed by atoms with van der Waals surface area (Å²) in [6, 6.07) is 11.7. The van der Waals surface area contributed by atoms with Crippen molar-refractivity contribution < 1.29 is 23.7 Å². The zero-order valence-corrected chi connectivity index (χ0v) is 19.1. The Morgan fingerprint density at radius 1 is 0.935 bits per heavy atom. The fourth-order valence-electron chi connectivity index (χ4n) is 4.18. The Morgan fingerprint density at radius 3 is 2.29 bits per heavy atom. The van der Waals surface area contributed by atoms with Gasteiger partial charge in [0.25, 0.3) is 0 Å². The van der Waals surface area contributed by atoms with Crippen molar-refractivity contribution in [2.24, 2.45) is 0 Å². The zero-order valence-electron chi connectivity index (χ0n) is 18.3. The third kappa shape index (κ3) is 4.87. The largest absolute Gasteiger partial charge is 0.497 e. The molecule has 166 valence electrons. The highest BCUT2D eigenvalue weighted by atomic mass is 32.2. The Kier molecular flexibility index (Phi) is 6.80. The van der Waals surface area contributed by atoms with Crippen LogP contribution in [-0.4, -0.2) is 44.0 Å². The van der Waals surface area contributed by atoms with E-state index < -0.39 is 0 Å². The van der Waals surface area contributed by atoms with Gasteiger partial charge in [-0.2, -0.15) is 0 Å². The van der Waals surface area contributed by atoms with E-state index in [9.17, 15) is 4.79 Å². The van der Waals surface area contributed by atoms with E-state index >= 15 is 0 Å². The van der Waals surface area contributed by atoms with Gasteiger partial charge in [0, 0.05) is 12.6 Å². The lowest BCUT2D eigenvalue weighted by Crippen LogP contribution is -2.27. The predicted molar refractivity (Wildman–Crippen MR) is 121 cm³/mol. The molecule has 0 spiro atoms. The van der Waals surface area contributed by atoms with Crippen molar-refractivity contribution in [3.8, 4) is 23.0 Å². The molecule has 0 N–H and O–H groups in total. The molecular formula is C24H29NO5S. The van der Waals surface area contributed by atoms with Crippen LogP contribution in [0.4, 0.5) is 0 Å². The van der Waals surface area contributed by atoms with E-state index in [1.807, 2.05) is 41.3 Å². The predicted octanol–water partition coefficient (Wildman–Crippen LogP) is 4.81. The van der Waals surface area contributed by atoms with Gasteiger partial charge in [0.05, 0.1) is 33.2 Å². The second-order valence-corrected chi connectivity index (χ2v) is 8.91. The number of carbonyl (C=O) groups excluding carboxylic acids is 1. The lowest BCUT2D eigenvalue weighted by molar-refractivity contribution is -0.128. The fraction of sp³-hybridized carbons (Fsp3) is 0.458. The highest BCUT2D eigenvalue weighted by molar-refractivity contribution is 8.00. The van der Waals surface area contributed by atoms with E-state index in [-0.39, 0.29) is 17.4 Å². The summed E-state index contributed by atoms with van der Waals surface area (Å²) in [4.78, 5) is 14.6. The molecule has 0 bridgehead atoms. The number of hydrogen-bond donors (Lipinski definition) is 0. The van der Waals surface area contributed by atoms with Crippen molar-refractivity contribution in [1.29, 1.82) is 0 Å². The first-order valence-electron chi connectivity index (χ1n) is 10.6. The highest BCUT2D eigenvalue weighted by Gasteiger charge is 2.33. The smallest absolute Gasteiger partial charge is 0.234 e. The summed E-state index contributed by atoms with van der Waals surface area (Å²) >= 11 is 1.63. The molecule has 7 heteroatoms. The number of rotatable bonds is 8. The maximum Gasteiger partial charge on any atom is 0.234 e. The van der Waals surface area contributed by atoms with E-state index in [4.69, 9.17) is 18.9 Å². The van der Waals surface area contributed by atoms with E-state index in [0.717, 1.165) is 35.5 Å². The molecule has 2 aromatic carbocycles. The lowest BCUT2D eigenvalue weighted by Gasteiger charge is -2.26. The van der Waals surface area contributed by atoms with Gasteiger partial charge in [-0.1, -0.05) is 6.07 Å². The van der Waals surface area contributed by atoms with Gasteiger partial charge >= 0.3 is 0 Å². The molecule has 2 fully saturated rings.